The Morgan fingerprint density at radius 2 is 1.10 bits per heavy atom. The molecule has 0 aliphatic carbocycles. The molecule has 0 saturated carbocycles. The smallest absolute Gasteiger partial charge is 0.220 e. The number of aliphatic hydroxyl groups excluding tert-OH is 3. The Labute approximate surface area is 180 Å². The van der Waals surface area contributed by atoms with Crippen LogP contribution in [0, 0.1) is 0 Å². The molecule has 1 heterocycles. The van der Waals surface area contributed by atoms with Crippen molar-refractivity contribution < 1.29 is 43.8 Å². The van der Waals surface area contributed by atoms with E-state index in [1.807, 2.05) is 0 Å². The van der Waals surface area contributed by atoms with Gasteiger partial charge in [-0.05, 0) is 12.8 Å². The third-order valence-electron chi connectivity index (χ3n) is 3.37. The van der Waals surface area contributed by atoms with Gasteiger partial charge in [-0.2, -0.15) is 0 Å². The van der Waals surface area contributed by atoms with Crippen molar-refractivity contribution in [3.63, 3.8) is 0 Å². The summed E-state index contributed by atoms with van der Waals surface area (Å²) in [4.78, 5) is 10.1. The molecular formula is C20H43NO9. The molecule has 0 bridgehead atoms. The van der Waals surface area contributed by atoms with Crippen molar-refractivity contribution in [2.24, 2.45) is 0 Å². The van der Waals surface area contributed by atoms with Gasteiger partial charge < -0.3 is 44.3 Å². The maximum atomic E-state index is 10.1. The lowest BCUT2D eigenvalue weighted by molar-refractivity contribution is -0.119. The zero-order valence-corrected chi connectivity index (χ0v) is 18.5. The van der Waals surface area contributed by atoms with Gasteiger partial charge in [0.2, 0.25) is 5.91 Å². The number of nitrogens with one attached hydrogen (secondary N) is 1. The van der Waals surface area contributed by atoms with E-state index in [1.165, 1.54) is 0 Å². The van der Waals surface area contributed by atoms with Crippen LogP contribution in [-0.4, -0.2) is 114 Å². The lowest BCUT2D eigenvalue weighted by Crippen LogP contribution is -2.12. The second-order valence-electron chi connectivity index (χ2n) is 6.04. The first kappa shape index (κ1) is 31.3. The minimum atomic E-state index is 0.0417. The largest absolute Gasteiger partial charge is 0.394 e. The Balaban J connectivity index is 0. The van der Waals surface area contributed by atoms with Crippen LogP contribution >= 0.6 is 0 Å². The van der Waals surface area contributed by atoms with Gasteiger partial charge >= 0.3 is 0 Å². The summed E-state index contributed by atoms with van der Waals surface area (Å²) in [6, 6.07) is 0. The molecule has 0 unspecified atom stereocenters. The van der Waals surface area contributed by atoms with E-state index in [0.717, 1.165) is 38.8 Å². The Morgan fingerprint density at radius 3 is 1.37 bits per heavy atom. The number of unbranched alkanes of at least 4 members (excludes halogenated alkanes) is 1. The summed E-state index contributed by atoms with van der Waals surface area (Å²) in [6.45, 7) is 8.40. The SMILES string of the molecule is CCCCOCCOCCOCCO.O=C1CCCN1.OCCOCCOCCO. The molecule has 0 aromatic carbocycles. The molecule has 30 heavy (non-hydrogen) atoms. The average Bonchev–Trinajstić information content (AvgIpc) is 3.24. The molecule has 0 aromatic rings. The molecule has 1 aliphatic heterocycles. The van der Waals surface area contributed by atoms with Crippen LogP contribution in [0.15, 0.2) is 0 Å². The first-order valence-corrected chi connectivity index (χ1v) is 10.7. The molecule has 4 N–H and O–H groups in total. The van der Waals surface area contributed by atoms with Crippen LogP contribution in [0.25, 0.3) is 0 Å². The Bertz CT molecular complexity index is 295. The highest BCUT2D eigenvalue weighted by molar-refractivity contribution is 5.77. The number of amides is 1. The zero-order valence-electron chi connectivity index (χ0n) is 18.5. The van der Waals surface area contributed by atoms with E-state index in [1.54, 1.807) is 0 Å². The lowest BCUT2D eigenvalue weighted by Gasteiger charge is -2.05. The molecule has 1 saturated heterocycles. The fraction of sp³-hybridized carbons (Fsp3) is 0.950. The highest BCUT2D eigenvalue weighted by Gasteiger charge is 2.05. The number of aliphatic hydroxyl groups is 3. The predicted octanol–water partition coefficient (Wildman–Crippen LogP) is -0.271. The molecule has 1 amide bonds. The molecule has 0 atom stereocenters. The van der Waals surface area contributed by atoms with E-state index in [9.17, 15) is 4.79 Å². The van der Waals surface area contributed by atoms with Crippen LogP contribution in [0.5, 0.6) is 0 Å². The fourth-order valence-electron chi connectivity index (χ4n) is 1.87. The van der Waals surface area contributed by atoms with Gasteiger partial charge in [-0.1, -0.05) is 13.3 Å². The predicted molar refractivity (Wildman–Crippen MR) is 113 cm³/mol. The first-order valence-electron chi connectivity index (χ1n) is 10.7. The summed E-state index contributed by atoms with van der Waals surface area (Å²) in [5.74, 6) is 0.204. The molecule has 1 aliphatic rings. The average molecular weight is 442 g/mol. The molecular weight excluding hydrogens is 398 g/mol. The number of hydrogen-bond acceptors (Lipinski definition) is 9. The highest BCUT2D eigenvalue weighted by atomic mass is 16.5. The molecule has 1 rings (SSSR count). The second-order valence-corrected chi connectivity index (χ2v) is 6.04. The molecule has 10 heteroatoms. The maximum Gasteiger partial charge on any atom is 0.220 e. The lowest BCUT2D eigenvalue weighted by atomic mass is 10.4. The van der Waals surface area contributed by atoms with Crippen LogP contribution in [0.1, 0.15) is 32.6 Å². The maximum absolute atomic E-state index is 10.1. The van der Waals surface area contributed by atoms with Gasteiger partial charge in [0.15, 0.2) is 0 Å². The Morgan fingerprint density at radius 1 is 0.700 bits per heavy atom. The van der Waals surface area contributed by atoms with E-state index in [-0.39, 0.29) is 25.7 Å². The normalized spacial score (nSPS) is 12.6. The van der Waals surface area contributed by atoms with Crippen molar-refractivity contribution in [1.82, 2.24) is 5.32 Å². The summed E-state index contributed by atoms with van der Waals surface area (Å²) in [7, 11) is 0. The first-order chi connectivity index (χ1) is 14.7. The van der Waals surface area contributed by atoms with Crippen LogP contribution < -0.4 is 5.32 Å². The minimum absolute atomic E-state index is 0.0417. The molecule has 0 spiro atoms. The van der Waals surface area contributed by atoms with Gasteiger partial charge in [0.05, 0.1) is 79.3 Å². The third kappa shape index (κ3) is 31.8. The van der Waals surface area contributed by atoms with Gasteiger partial charge in [0.25, 0.3) is 0 Å². The van der Waals surface area contributed by atoms with E-state index < -0.39 is 0 Å². The van der Waals surface area contributed by atoms with Crippen LogP contribution in [0.4, 0.5) is 0 Å². The summed E-state index contributed by atoms with van der Waals surface area (Å²) in [6.07, 6.45) is 4.04. The van der Waals surface area contributed by atoms with Gasteiger partial charge in [-0.25, -0.2) is 0 Å². The molecule has 182 valence electrons. The monoisotopic (exact) mass is 441 g/mol. The molecule has 0 radical (unpaired) electrons. The standard InChI is InChI=1S/C10H22O4.C6H14O4.C4H7NO/c1-2-3-5-12-7-9-14-10-8-13-6-4-11;7-1-3-9-5-6-10-4-2-8;6-4-2-1-3-5-4/h11H,2-10H2,1H3;7-8H,1-6H2;1-3H2,(H,5,6). The molecule has 0 aromatic heterocycles. The summed E-state index contributed by atoms with van der Waals surface area (Å²) >= 11 is 0. The molecule has 10 nitrogen and oxygen atoms in total. The molecule has 1 fully saturated rings. The summed E-state index contributed by atoms with van der Waals surface area (Å²) in [5.41, 5.74) is 0. The van der Waals surface area contributed by atoms with Crippen LogP contribution in [0.2, 0.25) is 0 Å². The minimum Gasteiger partial charge on any atom is -0.394 e. The van der Waals surface area contributed by atoms with E-state index >= 15 is 0 Å². The van der Waals surface area contributed by atoms with Gasteiger partial charge in [0.1, 0.15) is 0 Å². The quantitative estimate of drug-likeness (QED) is 0.212. The van der Waals surface area contributed by atoms with Crippen molar-refractivity contribution >= 4 is 5.91 Å². The van der Waals surface area contributed by atoms with E-state index in [4.69, 9.17) is 39.0 Å². The van der Waals surface area contributed by atoms with E-state index in [2.05, 4.69) is 12.2 Å². The van der Waals surface area contributed by atoms with Crippen LogP contribution in [-0.2, 0) is 28.5 Å². The van der Waals surface area contributed by atoms with Crippen molar-refractivity contribution in [3.8, 4) is 0 Å². The van der Waals surface area contributed by atoms with Crippen molar-refractivity contribution in [2.45, 2.75) is 32.6 Å². The fourth-order valence-corrected chi connectivity index (χ4v) is 1.87. The summed E-state index contributed by atoms with van der Waals surface area (Å²) in [5, 5.41) is 27.6. The highest BCUT2D eigenvalue weighted by Crippen LogP contribution is 1.93. The van der Waals surface area contributed by atoms with Crippen molar-refractivity contribution in [2.75, 3.05) is 92.4 Å². The number of carbonyl (C=O) groups is 1. The summed E-state index contributed by atoms with van der Waals surface area (Å²) < 4.78 is 25.3. The Kier molecular flexibility index (Phi) is 31.7. The Hall–Kier alpha value is -0.850. The van der Waals surface area contributed by atoms with E-state index in [0.29, 0.717) is 59.5 Å². The van der Waals surface area contributed by atoms with Crippen molar-refractivity contribution in [1.29, 1.82) is 0 Å². The second kappa shape index (κ2) is 30.3. The van der Waals surface area contributed by atoms with Gasteiger partial charge in [-0.15, -0.1) is 0 Å². The number of carbonyl (C=O) groups excluding carboxylic acids is 1. The number of ether oxygens (including phenoxy) is 5. The number of rotatable bonds is 18. The third-order valence-corrected chi connectivity index (χ3v) is 3.37. The zero-order chi connectivity index (χ0) is 22.5. The van der Waals surface area contributed by atoms with Crippen LogP contribution in [0.3, 0.4) is 0 Å². The van der Waals surface area contributed by atoms with Gasteiger partial charge in [-0.3, -0.25) is 4.79 Å². The van der Waals surface area contributed by atoms with Crippen molar-refractivity contribution in [3.05, 3.63) is 0 Å². The topological polar surface area (TPSA) is 136 Å². The van der Waals surface area contributed by atoms with Gasteiger partial charge in [0, 0.05) is 19.6 Å². The number of hydrogen-bond donors (Lipinski definition) is 4.